The molecule has 0 aliphatic rings. The van der Waals surface area contributed by atoms with Crippen molar-refractivity contribution in [2.75, 3.05) is 0 Å². The van der Waals surface area contributed by atoms with Crippen molar-refractivity contribution in [3.8, 4) is 0 Å². The Morgan fingerprint density at radius 1 is 1.43 bits per heavy atom. The number of rotatable bonds is 4. The van der Waals surface area contributed by atoms with Crippen LogP contribution in [0.1, 0.15) is 24.5 Å². The minimum absolute atomic E-state index is 0.883. The van der Waals surface area contributed by atoms with E-state index in [1.54, 1.807) is 6.08 Å². The number of aliphatic imine (C=N–C) groups is 1. The van der Waals surface area contributed by atoms with Crippen molar-refractivity contribution < 1.29 is 0 Å². The van der Waals surface area contributed by atoms with E-state index in [1.807, 2.05) is 12.1 Å². The van der Waals surface area contributed by atoms with Gasteiger partial charge in [0.25, 0.3) is 0 Å². The molecule has 1 nitrogen and oxygen atoms in total. The maximum atomic E-state index is 3.92. The molecule has 0 atom stereocenters. The summed E-state index contributed by atoms with van der Waals surface area (Å²) in [4.78, 5) is 3.92. The van der Waals surface area contributed by atoms with Crippen molar-refractivity contribution >= 4 is 24.6 Å². The summed E-state index contributed by atoms with van der Waals surface area (Å²) < 4.78 is 0. The molecule has 0 bridgehead atoms. The summed E-state index contributed by atoms with van der Waals surface area (Å²) in [6.07, 6.45) is 7.07. The Labute approximate surface area is 85.5 Å². The van der Waals surface area contributed by atoms with Crippen LogP contribution in [-0.2, 0) is 0 Å². The van der Waals surface area contributed by atoms with Crippen molar-refractivity contribution in [3.05, 3.63) is 42.0 Å². The molecule has 0 saturated heterocycles. The van der Waals surface area contributed by atoms with Crippen molar-refractivity contribution in [1.82, 2.24) is 0 Å². The van der Waals surface area contributed by atoms with Crippen LogP contribution in [0.4, 0.5) is 5.69 Å². The highest BCUT2D eigenvalue weighted by Crippen LogP contribution is 2.21. The van der Waals surface area contributed by atoms with Gasteiger partial charge in [-0.25, -0.2) is 0 Å². The fraction of sp³-hybridized carbons (Fsp3) is 0.154. The van der Waals surface area contributed by atoms with E-state index in [0.717, 1.165) is 17.7 Å². The smallest absolute Gasteiger partial charge is 0.0694 e. The van der Waals surface area contributed by atoms with Gasteiger partial charge < -0.3 is 0 Å². The first kappa shape index (κ1) is 10.5. The van der Waals surface area contributed by atoms with Crippen LogP contribution in [-0.4, -0.2) is 6.72 Å². The Morgan fingerprint density at radius 2 is 2.21 bits per heavy atom. The molecule has 1 aromatic rings. The maximum absolute atomic E-state index is 3.92. The molecule has 0 saturated carbocycles. The molecule has 0 N–H and O–H groups in total. The third kappa shape index (κ3) is 2.43. The summed E-state index contributed by atoms with van der Waals surface area (Å²) in [7, 11) is 0. The van der Waals surface area contributed by atoms with Gasteiger partial charge in [-0.15, -0.1) is 0 Å². The number of benzene rings is 1. The number of hydrogen-bond acceptors (Lipinski definition) is 1. The molecule has 0 fully saturated rings. The van der Waals surface area contributed by atoms with Gasteiger partial charge in [-0.1, -0.05) is 37.8 Å². The van der Waals surface area contributed by atoms with Gasteiger partial charge in [0, 0.05) is 5.56 Å². The van der Waals surface area contributed by atoms with Gasteiger partial charge in [0.15, 0.2) is 0 Å². The second-order valence-electron chi connectivity index (χ2n) is 2.99. The van der Waals surface area contributed by atoms with Crippen LogP contribution in [0.3, 0.4) is 0 Å². The molecule has 1 aromatic carbocycles. The van der Waals surface area contributed by atoms with Crippen LogP contribution in [0.2, 0.25) is 0 Å². The van der Waals surface area contributed by atoms with Gasteiger partial charge in [-0.05, 0) is 30.8 Å². The van der Waals surface area contributed by atoms with Crippen LogP contribution in [0.25, 0.3) is 12.2 Å². The van der Waals surface area contributed by atoms with Crippen LogP contribution in [0.5, 0.6) is 0 Å². The first-order chi connectivity index (χ1) is 6.81. The van der Waals surface area contributed by atoms with Gasteiger partial charge in [0.1, 0.15) is 0 Å². The van der Waals surface area contributed by atoms with Crippen LogP contribution >= 0.6 is 0 Å². The Balaban J connectivity index is 3.07. The standard InChI is InChI=1S/C13H15N/c1-4-6-7-11-8-9-13(14-3)12(5-2)10-11/h5-10H,2-4H2,1H3/b7-6+. The number of allylic oxidation sites excluding steroid dienone is 1. The van der Waals surface area contributed by atoms with Crippen LogP contribution in [0.15, 0.2) is 35.8 Å². The minimum Gasteiger partial charge on any atom is -0.264 e. The van der Waals surface area contributed by atoms with Crippen LogP contribution in [0, 0.1) is 0 Å². The fourth-order valence-corrected chi connectivity index (χ4v) is 1.24. The first-order valence-corrected chi connectivity index (χ1v) is 4.71. The molecule has 0 aliphatic carbocycles. The number of nitrogens with zero attached hydrogens (tertiary/aromatic N) is 1. The SMILES string of the molecule is C=Cc1cc(/C=C/CC)ccc1N=C. The van der Waals surface area contributed by atoms with E-state index in [4.69, 9.17) is 0 Å². The maximum Gasteiger partial charge on any atom is 0.0694 e. The van der Waals surface area contributed by atoms with Gasteiger partial charge >= 0.3 is 0 Å². The summed E-state index contributed by atoms with van der Waals surface area (Å²) >= 11 is 0. The summed E-state index contributed by atoms with van der Waals surface area (Å²) in [6.45, 7) is 9.38. The predicted octanol–water partition coefficient (Wildman–Crippen LogP) is 4.08. The van der Waals surface area contributed by atoms with E-state index in [-0.39, 0.29) is 0 Å². The van der Waals surface area contributed by atoms with Crippen molar-refractivity contribution in [2.24, 2.45) is 4.99 Å². The predicted molar refractivity (Wildman–Crippen MR) is 65.1 cm³/mol. The summed E-state index contributed by atoms with van der Waals surface area (Å²) in [5.74, 6) is 0. The van der Waals surface area contributed by atoms with Crippen LogP contribution < -0.4 is 0 Å². The monoisotopic (exact) mass is 185 g/mol. The van der Waals surface area contributed by atoms with Gasteiger partial charge in [0.05, 0.1) is 5.69 Å². The van der Waals surface area contributed by atoms with E-state index >= 15 is 0 Å². The molecule has 1 heteroatoms. The quantitative estimate of drug-likeness (QED) is 0.626. The van der Waals surface area contributed by atoms with E-state index in [2.05, 4.69) is 43.4 Å². The zero-order chi connectivity index (χ0) is 10.4. The average molecular weight is 185 g/mol. The zero-order valence-corrected chi connectivity index (χ0v) is 8.53. The van der Waals surface area contributed by atoms with E-state index < -0.39 is 0 Å². The minimum atomic E-state index is 0.883. The molecule has 0 amide bonds. The Morgan fingerprint density at radius 3 is 2.79 bits per heavy atom. The first-order valence-electron chi connectivity index (χ1n) is 4.71. The second-order valence-corrected chi connectivity index (χ2v) is 2.99. The molecule has 1 rings (SSSR count). The molecule has 14 heavy (non-hydrogen) atoms. The van der Waals surface area contributed by atoms with Gasteiger partial charge in [-0.2, -0.15) is 0 Å². The van der Waals surface area contributed by atoms with E-state index in [1.165, 1.54) is 5.56 Å². The zero-order valence-electron chi connectivity index (χ0n) is 8.53. The van der Waals surface area contributed by atoms with E-state index in [0.29, 0.717) is 0 Å². The lowest BCUT2D eigenvalue weighted by molar-refractivity contribution is 1.23. The van der Waals surface area contributed by atoms with Crippen molar-refractivity contribution in [1.29, 1.82) is 0 Å². The highest BCUT2D eigenvalue weighted by atomic mass is 14.7. The normalized spacial score (nSPS) is 10.4. The Kier molecular flexibility index (Phi) is 3.86. The highest BCUT2D eigenvalue weighted by molar-refractivity contribution is 5.68. The Hall–Kier alpha value is -1.63. The second kappa shape index (κ2) is 5.18. The molecule has 72 valence electrons. The third-order valence-corrected chi connectivity index (χ3v) is 1.99. The molecular formula is C13H15N. The van der Waals surface area contributed by atoms with Gasteiger partial charge in [-0.3, -0.25) is 4.99 Å². The average Bonchev–Trinajstić information content (AvgIpc) is 2.25. The lowest BCUT2D eigenvalue weighted by Gasteiger charge is -2.01. The molecular weight excluding hydrogens is 170 g/mol. The largest absolute Gasteiger partial charge is 0.264 e. The molecule has 0 unspecified atom stereocenters. The molecule has 0 aliphatic heterocycles. The third-order valence-electron chi connectivity index (χ3n) is 1.99. The van der Waals surface area contributed by atoms with E-state index in [9.17, 15) is 0 Å². The summed E-state index contributed by atoms with van der Waals surface area (Å²) in [5.41, 5.74) is 3.08. The lowest BCUT2D eigenvalue weighted by Crippen LogP contribution is -1.77. The van der Waals surface area contributed by atoms with Crippen molar-refractivity contribution in [2.45, 2.75) is 13.3 Å². The molecule has 0 radical (unpaired) electrons. The fourth-order valence-electron chi connectivity index (χ4n) is 1.24. The highest BCUT2D eigenvalue weighted by Gasteiger charge is 1.96. The summed E-state index contributed by atoms with van der Waals surface area (Å²) in [6, 6.07) is 6.05. The molecule has 0 heterocycles. The molecule has 0 aromatic heterocycles. The topological polar surface area (TPSA) is 12.4 Å². The lowest BCUT2D eigenvalue weighted by atomic mass is 10.1. The molecule has 0 spiro atoms. The van der Waals surface area contributed by atoms with Crippen molar-refractivity contribution in [3.63, 3.8) is 0 Å². The number of hydrogen-bond donors (Lipinski definition) is 0. The van der Waals surface area contributed by atoms with Gasteiger partial charge in [0.2, 0.25) is 0 Å². The Bertz CT molecular complexity index is 361. The summed E-state index contributed by atoms with van der Waals surface area (Å²) in [5, 5.41) is 0.